The second-order valence-electron chi connectivity index (χ2n) is 6.57. The molecule has 4 rings (SSSR count). The molecule has 27 heavy (non-hydrogen) atoms. The maximum absolute atomic E-state index is 13.9. The van der Waals surface area contributed by atoms with Crippen molar-refractivity contribution < 1.29 is 9.18 Å². The molecule has 0 spiro atoms. The molecule has 6 nitrogen and oxygen atoms in total. The number of nitrogens with zero attached hydrogens (tertiary/aromatic N) is 4. The van der Waals surface area contributed by atoms with Crippen LogP contribution in [0.2, 0.25) is 0 Å². The molecule has 1 saturated heterocycles. The Hall–Kier alpha value is -3.22. The van der Waals surface area contributed by atoms with Crippen LogP contribution in [0.15, 0.2) is 48.7 Å². The molecule has 1 N–H and O–H groups in total. The van der Waals surface area contributed by atoms with Gasteiger partial charge in [0.2, 0.25) is 0 Å². The number of carbonyl (C=O) groups excluding carboxylic acids is 1. The number of nitrogens with one attached hydrogen (secondary N) is 1. The molecular weight excluding hydrogens is 345 g/mol. The first-order chi connectivity index (χ1) is 13.1. The van der Waals surface area contributed by atoms with Gasteiger partial charge in [0.15, 0.2) is 0 Å². The zero-order chi connectivity index (χ0) is 18.8. The number of hydrogen-bond donors (Lipinski definition) is 1. The third-order valence-corrected chi connectivity index (χ3v) is 4.81. The summed E-state index contributed by atoms with van der Waals surface area (Å²) < 4.78 is 13.9. The van der Waals surface area contributed by atoms with E-state index in [1.165, 1.54) is 6.07 Å². The molecule has 1 aliphatic rings. The normalized spacial score (nSPS) is 14.4. The number of anilines is 1. The Bertz CT molecular complexity index is 962. The van der Waals surface area contributed by atoms with Crippen molar-refractivity contribution in [2.45, 2.75) is 6.92 Å². The minimum atomic E-state index is -0.359. The molecular formula is C20H20FN5O. The number of benzene rings is 1. The zero-order valence-electron chi connectivity index (χ0n) is 15.0. The number of piperazine rings is 1. The van der Waals surface area contributed by atoms with E-state index in [1.54, 1.807) is 35.4 Å². The van der Waals surface area contributed by atoms with E-state index < -0.39 is 0 Å². The van der Waals surface area contributed by atoms with E-state index >= 15 is 0 Å². The van der Waals surface area contributed by atoms with Gasteiger partial charge in [0.25, 0.3) is 5.91 Å². The second-order valence-corrected chi connectivity index (χ2v) is 6.57. The first kappa shape index (κ1) is 17.2. The van der Waals surface area contributed by atoms with Crippen LogP contribution in [0.3, 0.4) is 0 Å². The molecule has 3 heterocycles. The summed E-state index contributed by atoms with van der Waals surface area (Å²) in [6.45, 7) is 4.68. The average Bonchev–Trinajstić information content (AvgIpc) is 3.18. The number of hydrogen-bond acceptors (Lipinski definition) is 4. The van der Waals surface area contributed by atoms with E-state index in [-0.39, 0.29) is 11.7 Å². The molecule has 0 bridgehead atoms. The monoisotopic (exact) mass is 365 g/mol. The van der Waals surface area contributed by atoms with Crippen molar-refractivity contribution in [1.29, 1.82) is 0 Å². The molecule has 0 aliphatic carbocycles. The van der Waals surface area contributed by atoms with Gasteiger partial charge in [0, 0.05) is 37.9 Å². The molecule has 1 amide bonds. The lowest BCUT2D eigenvalue weighted by Crippen LogP contribution is -2.49. The topological polar surface area (TPSA) is 65.1 Å². The van der Waals surface area contributed by atoms with Crippen LogP contribution >= 0.6 is 0 Å². The summed E-state index contributed by atoms with van der Waals surface area (Å²) in [5.74, 6) is 0.484. The molecule has 3 aromatic rings. The van der Waals surface area contributed by atoms with Gasteiger partial charge in [0.1, 0.15) is 17.3 Å². The van der Waals surface area contributed by atoms with Gasteiger partial charge in [-0.25, -0.2) is 9.37 Å². The highest BCUT2D eigenvalue weighted by atomic mass is 19.1. The summed E-state index contributed by atoms with van der Waals surface area (Å²) >= 11 is 0. The molecule has 0 unspecified atom stereocenters. The van der Waals surface area contributed by atoms with E-state index in [1.807, 2.05) is 19.1 Å². The van der Waals surface area contributed by atoms with Gasteiger partial charge in [-0.05, 0) is 36.8 Å². The lowest BCUT2D eigenvalue weighted by atomic mass is 10.1. The summed E-state index contributed by atoms with van der Waals surface area (Å²) in [6, 6.07) is 12.0. The van der Waals surface area contributed by atoms with Gasteiger partial charge >= 0.3 is 0 Å². The van der Waals surface area contributed by atoms with Crippen molar-refractivity contribution in [3.63, 3.8) is 0 Å². The zero-order valence-corrected chi connectivity index (χ0v) is 15.0. The van der Waals surface area contributed by atoms with Gasteiger partial charge in [-0.3, -0.25) is 9.89 Å². The summed E-state index contributed by atoms with van der Waals surface area (Å²) in [5.41, 5.74) is 2.30. The van der Waals surface area contributed by atoms with Gasteiger partial charge in [-0.15, -0.1) is 0 Å². The van der Waals surface area contributed by atoms with E-state index in [0.717, 1.165) is 24.5 Å². The number of H-pyrrole nitrogens is 1. The number of pyridine rings is 1. The largest absolute Gasteiger partial charge is 0.353 e. The number of aryl methyl sites for hydroxylation is 1. The highest BCUT2D eigenvalue weighted by molar-refractivity contribution is 5.93. The van der Waals surface area contributed by atoms with Crippen molar-refractivity contribution in [3.05, 3.63) is 65.7 Å². The molecule has 7 heteroatoms. The number of carbonyl (C=O) groups is 1. The highest BCUT2D eigenvalue weighted by Gasteiger charge is 2.25. The van der Waals surface area contributed by atoms with Gasteiger partial charge in [-0.1, -0.05) is 18.2 Å². The fourth-order valence-electron chi connectivity index (χ4n) is 3.34. The van der Waals surface area contributed by atoms with Crippen molar-refractivity contribution in [1.82, 2.24) is 20.1 Å². The Morgan fingerprint density at radius 2 is 1.89 bits per heavy atom. The predicted molar refractivity (Wildman–Crippen MR) is 101 cm³/mol. The summed E-state index contributed by atoms with van der Waals surface area (Å²) in [4.78, 5) is 21.2. The van der Waals surface area contributed by atoms with Crippen molar-refractivity contribution in [3.8, 4) is 11.3 Å². The molecule has 0 saturated carbocycles. The van der Waals surface area contributed by atoms with E-state index in [2.05, 4.69) is 20.1 Å². The number of amides is 1. The molecule has 0 radical (unpaired) electrons. The quantitative estimate of drug-likeness (QED) is 0.775. The number of aromatic nitrogens is 3. The predicted octanol–water partition coefficient (Wildman–Crippen LogP) is 2.88. The van der Waals surface area contributed by atoms with Crippen LogP contribution in [0.1, 0.15) is 16.1 Å². The highest BCUT2D eigenvalue weighted by Crippen LogP contribution is 2.22. The number of aromatic amines is 1. The Balaban J connectivity index is 1.44. The Kier molecular flexibility index (Phi) is 4.58. The molecule has 0 atom stereocenters. The van der Waals surface area contributed by atoms with Gasteiger partial charge in [0.05, 0.1) is 5.69 Å². The van der Waals surface area contributed by atoms with Crippen molar-refractivity contribution >= 4 is 11.7 Å². The summed E-state index contributed by atoms with van der Waals surface area (Å²) in [6.07, 6.45) is 1.79. The Labute approximate surface area is 156 Å². The second kappa shape index (κ2) is 7.19. The SMILES string of the molecule is Cc1cccnc1N1CCN(C(=O)c2cc(-c3ccccc3F)n[nH]2)CC1. The molecule has 1 aromatic carbocycles. The van der Waals surface area contributed by atoms with Crippen molar-refractivity contribution in [2.75, 3.05) is 31.1 Å². The average molecular weight is 365 g/mol. The fourth-order valence-corrected chi connectivity index (χ4v) is 3.34. The lowest BCUT2D eigenvalue weighted by Gasteiger charge is -2.35. The van der Waals surface area contributed by atoms with Crippen molar-refractivity contribution in [2.24, 2.45) is 0 Å². The molecule has 1 aliphatic heterocycles. The van der Waals surface area contributed by atoms with Gasteiger partial charge < -0.3 is 9.80 Å². The fraction of sp³-hybridized carbons (Fsp3) is 0.250. The van der Waals surface area contributed by atoms with Crippen LogP contribution in [0.4, 0.5) is 10.2 Å². The van der Waals surface area contributed by atoms with E-state index in [9.17, 15) is 9.18 Å². The minimum absolute atomic E-state index is 0.123. The Morgan fingerprint density at radius 3 is 2.63 bits per heavy atom. The number of rotatable bonds is 3. The third kappa shape index (κ3) is 3.40. The summed E-state index contributed by atoms with van der Waals surface area (Å²) in [5, 5.41) is 6.85. The Morgan fingerprint density at radius 1 is 1.11 bits per heavy atom. The summed E-state index contributed by atoms with van der Waals surface area (Å²) in [7, 11) is 0. The maximum Gasteiger partial charge on any atom is 0.272 e. The van der Waals surface area contributed by atoms with E-state index in [4.69, 9.17) is 0 Å². The van der Waals surface area contributed by atoms with E-state index in [0.29, 0.717) is 30.0 Å². The number of halogens is 1. The van der Waals surface area contributed by atoms with Gasteiger partial charge in [-0.2, -0.15) is 5.10 Å². The van der Waals surface area contributed by atoms with Crippen LogP contribution in [0.25, 0.3) is 11.3 Å². The standard InChI is InChI=1S/C20H20FN5O/c1-14-5-4-8-22-19(14)25-9-11-26(12-10-25)20(27)18-13-17(23-24-18)15-6-2-3-7-16(15)21/h2-8,13H,9-12H2,1H3,(H,23,24). The molecule has 1 fully saturated rings. The van der Waals surface area contributed by atoms with Crippen LogP contribution < -0.4 is 4.90 Å². The minimum Gasteiger partial charge on any atom is -0.353 e. The van der Waals surface area contributed by atoms with Crippen LogP contribution in [-0.4, -0.2) is 52.2 Å². The maximum atomic E-state index is 13.9. The third-order valence-electron chi connectivity index (χ3n) is 4.81. The lowest BCUT2D eigenvalue weighted by molar-refractivity contribution is 0.0740. The van der Waals surface area contributed by atoms with Crippen LogP contribution in [0, 0.1) is 12.7 Å². The molecule has 138 valence electrons. The first-order valence-corrected chi connectivity index (χ1v) is 8.89. The van der Waals surface area contributed by atoms with Crippen LogP contribution in [0.5, 0.6) is 0 Å². The first-order valence-electron chi connectivity index (χ1n) is 8.89. The molecule has 2 aromatic heterocycles. The smallest absolute Gasteiger partial charge is 0.272 e. The van der Waals surface area contributed by atoms with Crippen LogP contribution in [-0.2, 0) is 0 Å².